The lowest BCUT2D eigenvalue weighted by Gasteiger charge is -2.26. The van der Waals surface area contributed by atoms with E-state index < -0.39 is 0 Å². The molecule has 24 heavy (non-hydrogen) atoms. The average molecular weight is 328 g/mol. The zero-order valence-corrected chi connectivity index (χ0v) is 15.6. The van der Waals surface area contributed by atoms with Crippen molar-refractivity contribution in [2.24, 2.45) is 0 Å². The standard InChI is InChI=1S/C18H28N6/c1-11(2)17-21-14(18(4,5)6)9-15(22-17)20-13-7-8-16-19-12(3)23-24(16)10-13/h9,11,13H,7-8,10H2,1-6H3,(H,20,21,22). The number of hydrogen-bond acceptors (Lipinski definition) is 5. The molecular formula is C18H28N6. The lowest BCUT2D eigenvalue weighted by atomic mass is 9.91. The Hall–Kier alpha value is -1.98. The van der Waals surface area contributed by atoms with Crippen molar-refractivity contribution in [2.75, 3.05) is 5.32 Å². The molecule has 0 radical (unpaired) electrons. The van der Waals surface area contributed by atoms with Gasteiger partial charge in [0.2, 0.25) is 0 Å². The summed E-state index contributed by atoms with van der Waals surface area (Å²) in [6.07, 6.45) is 2.00. The fourth-order valence-corrected chi connectivity index (χ4v) is 2.94. The van der Waals surface area contributed by atoms with Gasteiger partial charge in [0.1, 0.15) is 23.3 Å². The number of hydrogen-bond donors (Lipinski definition) is 1. The van der Waals surface area contributed by atoms with Gasteiger partial charge in [-0.1, -0.05) is 34.6 Å². The Labute approximate surface area is 144 Å². The molecule has 0 aromatic carbocycles. The largest absolute Gasteiger partial charge is 0.365 e. The van der Waals surface area contributed by atoms with Crippen LogP contribution < -0.4 is 5.32 Å². The molecule has 1 N–H and O–H groups in total. The molecule has 1 aliphatic rings. The topological polar surface area (TPSA) is 68.5 Å². The minimum atomic E-state index is 0.00571. The molecule has 1 unspecified atom stereocenters. The van der Waals surface area contributed by atoms with Crippen LogP contribution in [0, 0.1) is 6.92 Å². The molecule has 1 atom stereocenters. The highest BCUT2D eigenvalue weighted by atomic mass is 15.4. The molecule has 2 aromatic rings. The highest BCUT2D eigenvalue weighted by molar-refractivity contribution is 5.39. The van der Waals surface area contributed by atoms with Gasteiger partial charge in [-0.05, 0) is 13.3 Å². The third kappa shape index (κ3) is 3.57. The molecule has 0 aliphatic carbocycles. The summed E-state index contributed by atoms with van der Waals surface area (Å²) in [5.41, 5.74) is 1.09. The maximum absolute atomic E-state index is 4.76. The van der Waals surface area contributed by atoms with Crippen LogP contribution in [0.1, 0.15) is 70.1 Å². The van der Waals surface area contributed by atoms with Crippen LogP contribution >= 0.6 is 0 Å². The number of aromatic nitrogens is 5. The second kappa shape index (κ2) is 6.15. The summed E-state index contributed by atoms with van der Waals surface area (Å²) in [7, 11) is 0. The van der Waals surface area contributed by atoms with Crippen molar-refractivity contribution in [1.82, 2.24) is 24.7 Å². The Kier molecular flexibility index (Phi) is 4.32. The molecular weight excluding hydrogens is 300 g/mol. The van der Waals surface area contributed by atoms with E-state index in [0.29, 0.717) is 12.0 Å². The van der Waals surface area contributed by atoms with Gasteiger partial charge in [-0.2, -0.15) is 5.10 Å². The normalized spacial score (nSPS) is 17.9. The zero-order valence-electron chi connectivity index (χ0n) is 15.6. The molecule has 6 heteroatoms. The first-order valence-corrected chi connectivity index (χ1v) is 8.78. The zero-order chi connectivity index (χ0) is 17.5. The van der Waals surface area contributed by atoms with Crippen LogP contribution in [0.25, 0.3) is 0 Å². The van der Waals surface area contributed by atoms with Gasteiger partial charge in [-0.15, -0.1) is 0 Å². The maximum atomic E-state index is 4.76. The quantitative estimate of drug-likeness (QED) is 0.937. The molecule has 0 saturated carbocycles. The maximum Gasteiger partial charge on any atom is 0.147 e. The fourth-order valence-electron chi connectivity index (χ4n) is 2.94. The fraction of sp³-hybridized carbons (Fsp3) is 0.667. The Balaban J connectivity index is 1.83. The van der Waals surface area contributed by atoms with Gasteiger partial charge < -0.3 is 5.32 Å². The van der Waals surface area contributed by atoms with Gasteiger partial charge in [0.25, 0.3) is 0 Å². The molecule has 130 valence electrons. The summed E-state index contributed by atoms with van der Waals surface area (Å²) in [6, 6.07) is 2.41. The van der Waals surface area contributed by atoms with Crippen molar-refractivity contribution in [2.45, 2.75) is 78.3 Å². The highest BCUT2D eigenvalue weighted by Gasteiger charge is 2.23. The molecule has 3 rings (SSSR count). The summed E-state index contributed by atoms with van der Waals surface area (Å²) in [5, 5.41) is 8.08. The summed E-state index contributed by atoms with van der Waals surface area (Å²) < 4.78 is 2.02. The van der Waals surface area contributed by atoms with Crippen LogP contribution in [0.5, 0.6) is 0 Å². The molecule has 0 fully saturated rings. The third-order valence-corrected chi connectivity index (χ3v) is 4.34. The van der Waals surface area contributed by atoms with E-state index in [1.807, 2.05) is 11.6 Å². The van der Waals surface area contributed by atoms with E-state index >= 15 is 0 Å². The van der Waals surface area contributed by atoms with Crippen LogP contribution in [0.15, 0.2) is 6.07 Å². The number of nitrogens with zero attached hydrogens (tertiary/aromatic N) is 5. The van der Waals surface area contributed by atoms with Gasteiger partial charge in [-0.25, -0.2) is 19.6 Å². The van der Waals surface area contributed by atoms with Crippen LogP contribution in [0.4, 0.5) is 5.82 Å². The van der Waals surface area contributed by atoms with E-state index in [1.54, 1.807) is 0 Å². The predicted octanol–water partition coefficient (Wildman–Crippen LogP) is 3.22. The number of fused-ring (bicyclic) bond motifs is 1. The Morgan fingerprint density at radius 1 is 1.21 bits per heavy atom. The van der Waals surface area contributed by atoms with Crippen molar-refractivity contribution in [3.8, 4) is 0 Å². The van der Waals surface area contributed by atoms with Crippen LogP contribution in [-0.2, 0) is 18.4 Å². The molecule has 2 aromatic heterocycles. The van der Waals surface area contributed by atoms with Gasteiger partial charge >= 0.3 is 0 Å². The smallest absolute Gasteiger partial charge is 0.147 e. The van der Waals surface area contributed by atoms with Gasteiger partial charge in [0.15, 0.2) is 0 Å². The van der Waals surface area contributed by atoms with Crippen molar-refractivity contribution in [1.29, 1.82) is 0 Å². The summed E-state index contributed by atoms with van der Waals surface area (Å²) in [6.45, 7) is 13.6. The highest BCUT2D eigenvalue weighted by Crippen LogP contribution is 2.25. The van der Waals surface area contributed by atoms with E-state index in [0.717, 1.165) is 48.4 Å². The van der Waals surface area contributed by atoms with Crippen molar-refractivity contribution in [3.63, 3.8) is 0 Å². The van der Waals surface area contributed by atoms with E-state index in [2.05, 4.69) is 56.1 Å². The first-order valence-electron chi connectivity index (χ1n) is 8.78. The Bertz CT molecular complexity index is 726. The SMILES string of the molecule is Cc1nc2n(n1)CC(Nc1cc(C(C)(C)C)nc(C(C)C)n1)CC2. The van der Waals surface area contributed by atoms with Crippen LogP contribution in [0.2, 0.25) is 0 Å². The predicted molar refractivity (Wildman–Crippen MR) is 95.3 cm³/mol. The van der Waals surface area contributed by atoms with E-state index in [-0.39, 0.29) is 5.41 Å². The second-order valence-corrected chi connectivity index (χ2v) is 8.04. The Morgan fingerprint density at radius 2 is 1.96 bits per heavy atom. The van der Waals surface area contributed by atoms with E-state index in [1.165, 1.54) is 0 Å². The second-order valence-electron chi connectivity index (χ2n) is 8.04. The monoisotopic (exact) mass is 328 g/mol. The minimum Gasteiger partial charge on any atom is -0.365 e. The summed E-state index contributed by atoms with van der Waals surface area (Å²) in [5.74, 6) is 4.07. The Morgan fingerprint density at radius 3 is 2.62 bits per heavy atom. The molecule has 6 nitrogen and oxygen atoms in total. The van der Waals surface area contributed by atoms with E-state index in [9.17, 15) is 0 Å². The molecule has 0 amide bonds. The lowest BCUT2D eigenvalue weighted by molar-refractivity contribution is 0.439. The first kappa shape index (κ1) is 16.9. The molecule has 0 spiro atoms. The molecule has 0 saturated heterocycles. The number of anilines is 1. The summed E-state index contributed by atoms with van der Waals surface area (Å²) >= 11 is 0. The lowest BCUT2D eigenvalue weighted by Crippen LogP contribution is -2.32. The van der Waals surface area contributed by atoms with Gasteiger partial charge in [-0.3, -0.25) is 0 Å². The van der Waals surface area contributed by atoms with E-state index in [4.69, 9.17) is 9.97 Å². The number of rotatable bonds is 3. The molecule has 1 aliphatic heterocycles. The number of nitrogens with one attached hydrogen (secondary N) is 1. The van der Waals surface area contributed by atoms with Crippen molar-refractivity contribution in [3.05, 3.63) is 29.2 Å². The third-order valence-electron chi connectivity index (χ3n) is 4.34. The van der Waals surface area contributed by atoms with Gasteiger partial charge in [0, 0.05) is 29.9 Å². The van der Waals surface area contributed by atoms with Gasteiger partial charge in [0.05, 0.1) is 12.2 Å². The summed E-state index contributed by atoms with van der Waals surface area (Å²) in [4.78, 5) is 14.0. The van der Waals surface area contributed by atoms with Crippen molar-refractivity contribution >= 4 is 5.82 Å². The molecule has 3 heterocycles. The van der Waals surface area contributed by atoms with Crippen LogP contribution in [-0.4, -0.2) is 30.8 Å². The number of aryl methyl sites for hydroxylation is 2. The average Bonchev–Trinajstić information content (AvgIpc) is 2.85. The van der Waals surface area contributed by atoms with Crippen LogP contribution in [0.3, 0.4) is 0 Å². The van der Waals surface area contributed by atoms with Crippen molar-refractivity contribution < 1.29 is 0 Å². The minimum absolute atomic E-state index is 0.00571. The molecule has 0 bridgehead atoms. The first-order chi connectivity index (χ1) is 11.2.